The van der Waals surface area contributed by atoms with E-state index in [1.807, 2.05) is 47.9 Å². The van der Waals surface area contributed by atoms with Gasteiger partial charge in [0.15, 0.2) is 5.16 Å². The third-order valence-corrected chi connectivity index (χ3v) is 7.03. The van der Waals surface area contributed by atoms with Gasteiger partial charge in [0.25, 0.3) is 0 Å². The second kappa shape index (κ2) is 11.0. The van der Waals surface area contributed by atoms with Crippen LogP contribution in [0.4, 0.5) is 11.6 Å². The van der Waals surface area contributed by atoms with Crippen LogP contribution in [-0.2, 0) is 4.79 Å². The minimum absolute atomic E-state index is 0.0599. The number of amides is 1. The van der Waals surface area contributed by atoms with Crippen molar-refractivity contribution in [2.75, 3.05) is 36.2 Å². The standard InChI is InChI=1S/C26H33N5O2S/c1-18(2)20-12-10-11-19(3)24(20)27-23(32)17-34-26-29-28-25(30-15-8-5-9-16-30)31(26)21-13-6-7-14-22(21)33-4/h6-7,10-14,18H,5,8-9,15-17H2,1-4H3,(H,27,32). The lowest BCUT2D eigenvalue weighted by atomic mass is 9.98. The summed E-state index contributed by atoms with van der Waals surface area (Å²) in [5.74, 6) is 2.04. The van der Waals surface area contributed by atoms with Crippen LogP contribution in [-0.4, -0.2) is 46.6 Å². The van der Waals surface area contributed by atoms with Crippen molar-refractivity contribution in [3.63, 3.8) is 0 Å². The summed E-state index contributed by atoms with van der Waals surface area (Å²) in [6.45, 7) is 8.19. The Morgan fingerprint density at radius 1 is 1.09 bits per heavy atom. The van der Waals surface area contributed by atoms with Crippen molar-refractivity contribution < 1.29 is 9.53 Å². The van der Waals surface area contributed by atoms with Crippen LogP contribution in [0.25, 0.3) is 5.69 Å². The van der Waals surface area contributed by atoms with E-state index < -0.39 is 0 Å². The summed E-state index contributed by atoms with van der Waals surface area (Å²) in [6, 6.07) is 14.0. The molecule has 4 rings (SSSR count). The molecule has 2 heterocycles. The fraction of sp³-hybridized carbons (Fsp3) is 0.423. The molecule has 0 unspecified atom stereocenters. The molecule has 8 heteroatoms. The maximum atomic E-state index is 13.0. The number of anilines is 2. The SMILES string of the molecule is COc1ccccc1-n1c(SCC(=O)Nc2c(C)cccc2C(C)C)nnc1N1CCCCC1. The summed E-state index contributed by atoms with van der Waals surface area (Å²) in [5.41, 5.74) is 3.99. The first-order valence-electron chi connectivity index (χ1n) is 11.9. The van der Waals surface area contributed by atoms with E-state index in [0.29, 0.717) is 11.1 Å². The van der Waals surface area contributed by atoms with E-state index in [1.54, 1.807) is 7.11 Å². The number of ether oxygens (including phenoxy) is 1. The highest BCUT2D eigenvalue weighted by atomic mass is 32.2. The monoisotopic (exact) mass is 479 g/mol. The zero-order chi connectivity index (χ0) is 24.1. The highest BCUT2D eigenvalue weighted by Crippen LogP contribution is 2.33. The zero-order valence-corrected chi connectivity index (χ0v) is 21.2. The number of methoxy groups -OCH3 is 1. The average molecular weight is 480 g/mol. The molecule has 1 aromatic heterocycles. The van der Waals surface area contributed by atoms with E-state index in [4.69, 9.17) is 4.74 Å². The van der Waals surface area contributed by atoms with Crippen LogP contribution >= 0.6 is 11.8 Å². The Labute approximate surface area is 205 Å². The van der Waals surface area contributed by atoms with Crippen LogP contribution in [0.3, 0.4) is 0 Å². The number of aromatic nitrogens is 3. The molecule has 0 saturated carbocycles. The van der Waals surface area contributed by atoms with Gasteiger partial charge in [0, 0.05) is 18.8 Å². The summed E-state index contributed by atoms with van der Waals surface area (Å²) in [5, 5.41) is 12.8. The Hall–Kier alpha value is -3.00. The first-order chi connectivity index (χ1) is 16.5. The van der Waals surface area contributed by atoms with Gasteiger partial charge in [-0.15, -0.1) is 10.2 Å². The number of nitrogens with zero attached hydrogens (tertiary/aromatic N) is 4. The number of nitrogens with one attached hydrogen (secondary N) is 1. The lowest BCUT2D eigenvalue weighted by Gasteiger charge is -2.28. The predicted molar refractivity (Wildman–Crippen MR) is 139 cm³/mol. The van der Waals surface area contributed by atoms with Gasteiger partial charge in [-0.05, 0) is 55.4 Å². The molecule has 1 aliphatic rings. The summed E-state index contributed by atoms with van der Waals surface area (Å²) >= 11 is 1.39. The molecule has 2 aromatic carbocycles. The van der Waals surface area contributed by atoms with Gasteiger partial charge < -0.3 is 15.0 Å². The third-order valence-electron chi connectivity index (χ3n) is 6.11. The topological polar surface area (TPSA) is 72.3 Å². The summed E-state index contributed by atoms with van der Waals surface area (Å²) in [7, 11) is 1.67. The lowest BCUT2D eigenvalue weighted by Crippen LogP contribution is -2.31. The van der Waals surface area contributed by atoms with Gasteiger partial charge in [-0.3, -0.25) is 9.36 Å². The Kier molecular flexibility index (Phi) is 7.77. The molecule has 1 amide bonds. The van der Waals surface area contributed by atoms with Crippen LogP contribution in [0, 0.1) is 6.92 Å². The molecular weight excluding hydrogens is 446 g/mol. The molecule has 1 aliphatic heterocycles. The summed E-state index contributed by atoms with van der Waals surface area (Å²) in [4.78, 5) is 15.2. The number of piperidine rings is 1. The van der Waals surface area contributed by atoms with Crippen molar-refractivity contribution in [1.82, 2.24) is 14.8 Å². The largest absolute Gasteiger partial charge is 0.495 e. The number of carbonyl (C=O) groups is 1. The quantitative estimate of drug-likeness (QED) is 0.435. The smallest absolute Gasteiger partial charge is 0.234 e. The Morgan fingerprint density at radius 3 is 2.59 bits per heavy atom. The van der Waals surface area contributed by atoms with Crippen LogP contribution in [0.5, 0.6) is 5.75 Å². The number of aryl methyl sites for hydroxylation is 1. The van der Waals surface area contributed by atoms with Crippen LogP contribution < -0.4 is 15.0 Å². The second-order valence-electron chi connectivity index (χ2n) is 8.87. The minimum Gasteiger partial charge on any atom is -0.495 e. The molecule has 1 fully saturated rings. The third kappa shape index (κ3) is 5.22. The van der Waals surface area contributed by atoms with E-state index >= 15 is 0 Å². The number of benzene rings is 2. The number of hydrogen-bond donors (Lipinski definition) is 1. The summed E-state index contributed by atoms with van der Waals surface area (Å²) < 4.78 is 7.66. The number of carbonyl (C=O) groups excluding carboxylic acids is 1. The van der Waals surface area contributed by atoms with Gasteiger partial charge in [0.2, 0.25) is 11.9 Å². The summed E-state index contributed by atoms with van der Waals surface area (Å²) in [6.07, 6.45) is 3.51. The maximum Gasteiger partial charge on any atom is 0.234 e. The zero-order valence-electron chi connectivity index (χ0n) is 20.4. The predicted octanol–water partition coefficient (Wildman–Crippen LogP) is 5.43. The van der Waals surface area contributed by atoms with Gasteiger partial charge in [0.1, 0.15) is 5.75 Å². The van der Waals surface area contributed by atoms with E-state index in [9.17, 15) is 4.79 Å². The molecule has 0 radical (unpaired) electrons. The molecule has 0 aliphatic carbocycles. The van der Waals surface area contributed by atoms with Crippen LogP contribution in [0.1, 0.15) is 50.2 Å². The minimum atomic E-state index is -0.0599. The maximum absolute atomic E-state index is 13.0. The molecule has 180 valence electrons. The normalized spacial score (nSPS) is 13.9. The van der Waals surface area contributed by atoms with E-state index in [0.717, 1.165) is 60.1 Å². The van der Waals surface area contributed by atoms with Crippen molar-refractivity contribution in [1.29, 1.82) is 0 Å². The van der Waals surface area contributed by atoms with Crippen molar-refractivity contribution in [3.8, 4) is 11.4 Å². The molecular formula is C26H33N5O2S. The average Bonchev–Trinajstić information content (AvgIpc) is 3.28. The molecule has 0 spiro atoms. The van der Waals surface area contributed by atoms with Gasteiger partial charge >= 0.3 is 0 Å². The van der Waals surface area contributed by atoms with Gasteiger partial charge in [0.05, 0.1) is 18.6 Å². The Morgan fingerprint density at radius 2 is 1.85 bits per heavy atom. The molecule has 3 aromatic rings. The van der Waals surface area contributed by atoms with Gasteiger partial charge in [-0.25, -0.2) is 0 Å². The molecule has 1 N–H and O–H groups in total. The molecule has 7 nitrogen and oxygen atoms in total. The fourth-order valence-electron chi connectivity index (χ4n) is 4.33. The highest BCUT2D eigenvalue weighted by Gasteiger charge is 2.24. The van der Waals surface area contributed by atoms with Crippen molar-refractivity contribution in [2.45, 2.75) is 51.1 Å². The highest BCUT2D eigenvalue weighted by molar-refractivity contribution is 7.99. The molecule has 0 bridgehead atoms. The van der Waals surface area contributed by atoms with Crippen molar-refractivity contribution in [2.24, 2.45) is 0 Å². The van der Waals surface area contributed by atoms with Gasteiger partial charge in [-0.1, -0.05) is 55.9 Å². The fourth-order valence-corrected chi connectivity index (χ4v) is 5.07. The van der Waals surface area contributed by atoms with E-state index in [-0.39, 0.29) is 11.7 Å². The van der Waals surface area contributed by atoms with Crippen LogP contribution in [0.15, 0.2) is 47.6 Å². The van der Waals surface area contributed by atoms with E-state index in [2.05, 4.69) is 40.3 Å². The molecule has 0 atom stereocenters. The molecule has 34 heavy (non-hydrogen) atoms. The van der Waals surface area contributed by atoms with Gasteiger partial charge in [-0.2, -0.15) is 0 Å². The van der Waals surface area contributed by atoms with Crippen molar-refractivity contribution >= 4 is 29.3 Å². The number of para-hydroxylation sites is 3. The first-order valence-corrected chi connectivity index (χ1v) is 12.8. The number of hydrogen-bond acceptors (Lipinski definition) is 6. The van der Waals surface area contributed by atoms with Crippen molar-refractivity contribution in [3.05, 3.63) is 53.6 Å². The Bertz CT molecular complexity index is 1140. The second-order valence-corrected chi connectivity index (χ2v) is 9.81. The molecule has 1 saturated heterocycles. The number of rotatable bonds is 8. The lowest BCUT2D eigenvalue weighted by molar-refractivity contribution is -0.113. The van der Waals surface area contributed by atoms with E-state index in [1.165, 1.54) is 18.2 Å². The van der Waals surface area contributed by atoms with Crippen LogP contribution in [0.2, 0.25) is 0 Å². The Balaban J connectivity index is 1.59. The first kappa shape index (κ1) is 24.1. The number of thioether (sulfide) groups is 1.